The van der Waals surface area contributed by atoms with Gasteiger partial charge in [0.15, 0.2) is 12.6 Å². The molecule has 2 aliphatic rings. The van der Waals surface area contributed by atoms with Gasteiger partial charge < -0.3 is 49.6 Å². The Morgan fingerprint density at radius 3 is 2.39 bits per heavy atom. The van der Waals surface area contributed by atoms with E-state index in [0.29, 0.717) is 0 Å². The SMILES string of the molecule is OC[C@@H](O)[C@@H]1O[C@@H](O[C@H]2[C@@H](OCc3ccccc3)OC[C@@H](O)[C@@H]2O)[C@H](O)[C@H]1O. The normalized spacial score (nSPS) is 39.8. The number of hydrogen-bond donors (Lipinski definition) is 6. The third-order valence-corrected chi connectivity index (χ3v) is 4.80. The third kappa shape index (κ3) is 4.69. The van der Waals surface area contributed by atoms with Gasteiger partial charge in [-0.25, -0.2) is 0 Å². The molecule has 10 heteroatoms. The van der Waals surface area contributed by atoms with Crippen LogP contribution in [0.4, 0.5) is 0 Å². The Bertz CT molecular complexity index is 601. The molecule has 10 nitrogen and oxygen atoms in total. The quantitative estimate of drug-likeness (QED) is 0.287. The lowest BCUT2D eigenvalue weighted by Crippen LogP contribution is -2.56. The topological polar surface area (TPSA) is 158 Å². The predicted molar refractivity (Wildman–Crippen MR) is 91.6 cm³/mol. The molecule has 3 rings (SSSR count). The van der Waals surface area contributed by atoms with Gasteiger partial charge in [0.05, 0.1) is 19.8 Å². The Morgan fingerprint density at radius 1 is 1.00 bits per heavy atom. The first-order valence-electron chi connectivity index (χ1n) is 9.01. The summed E-state index contributed by atoms with van der Waals surface area (Å²) in [7, 11) is 0. The van der Waals surface area contributed by atoms with Crippen molar-refractivity contribution in [3.63, 3.8) is 0 Å². The van der Waals surface area contributed by atoms with E-state index < -0.39 is 61.9 Å². The second kappa shape index (κ2) is 9.55. The minimum Gasteiger partial charge on any atom is -0.394 e. The molecule has 6 N–H and O–H groups in total. The zero-order valence-electron chi connectivity index (χ0n) is 15.0. The van der Waals surface area contributed by atoms with E-state index in [1.165, 1.54) is 0 Å². The van der Waals surface area contributed by atoms with Crippen LogP contribution in [0.25, 0.3) is 0 Å². The standard InChI is InChI=1S/C18H26O10/c19-6-10(20)15-13(23)14(24)17(27-15)28-16-12(22)11(21)8-26-18(16)25-7-9-4-2-1-3-5-9/h1-5,10-24H,6-8H2/t10-,11-,12+,13-,14-,15+,16-,17+,18+/m1/s1. The number of ether oxygens (including phenoxy) is 4. The molecule has 2 aliphatic heterocycles. The fraction of sp³-hybridized carbons (Fsp3) is 0.667. The molecule has 1 aromatic rings. The predicted octanol–water partition coefficient (Wildman–Crippen LogP) is -2.53. The summed E-state index contributed by atoms with van der Waals surface area (Å²) in [5, 5.41) is 59.0. The first-order valence-corrected chi connectivity index (χ1v) is 9.01. The first kappa shape index (κ1) is 21.5. The van der Waals surface area contributed by atoms with E-state index in [1.54, 1.807) is 0 Å². The summed E-state index contributed by atoms with van der Waals surface area (Å²) in [5.74, 6) is 0. The molecule has 28 heavy (non-hydrogen) atoms. The van der Waals surface area contributed by atoms with Gasteiger partial charge in [0, 0.05) is 0 Å². The Labute approximate surface area is 161 Å². The summed E-state index contributed by atoms with van der Waals surface area (Å²) in [5.41, 5.74) is 0.851. The highest BCUT2D eigenvalue weighted by atomic mass is 16.8. The molecule has 0 saturated carbocycles. The van der Waals surface area contributed by atoms with Crippen molar-refractivity contribution < 1.29 is 49.6 Å². The van der Waals surface area contributed by atoms with E-state index in [4.69, 9.17) is 24.1 Å². The molecule has 0 bridgehead atoms. The van der Waals surface area contributed by atoms with Crippen LogP contribution in [0.1, 0.15) is 5.56 Å². The molecule has 0 aliphatic carbocycles. The Kier molecular flexibility index (Phi) is 7.34. The van der Waals surface area contributed by atoms with Crippen molar-refractivity contribution in [1.29, 1.82) is 0 Å². The van der Waals surface area contributed by atoms with Gasteiger partial charge in [-0.3, -0.25) is 0 Å². The van der Waals surface area contributed by atoms with Gasteiger partial charge in [-0.1, -0.05) is 30.3 Å². The second-order valence-corrected chi connectivity index (χ2v) is 6.86. The molecule has 2 heterocycles. The van der Waals surface area contributed by atoms with Crippen LogP contribution < -0.4 is 0 Å². The molecule has 0 amide bonds. The zero-order valence-corrected chi connectivity index (χ0v) is 15.0. The average Bonchev–Trinajstić information content (AvgIpc) is 2.99. The lowest BCUT2D eigenvalue weighted by Gasteiger charge is -2.39. The van der Waals surface area contributed by atoms with E-state index in [9.17, 15) is 25.5 Å². The van der Waals surface area contributed by atoms with Crippen molar-refractivity contribution in [2.45, 2.75) is 61.9 Å². The maximum Gasteiger partial charge on any atom is 0.187 e. The molecule has 9 atom stereocenters. The minimum absolute atomic E-state index is 0.150. The van der Waals surface area contributed by atoms with Crippen LogP contribution in [0.15, 0.2) is 30.3 Å². The van der Waals surface area contributed by atoms with E-state index in [-0.39, 0.29) is 13.2 Å². The summed E-state index contributed by atoms with van der Waals surface area (Å²) in [6.45, 7) is -0.711. The van der Waals surface area contributed by atoms with Crippen LogP contribution in [0, 0.1) is 0 Å². The van der Waals surface area contributed by atoms with Crippen LogP contribution in [-0.4, -0.2) is 99.2 Å². The number of aliphatic hydroxyl groups is 6. The van der Waals surface area contributed by atoms with Crippen molar-refractivity contribution in [1.82, 2.24) is 0 Å². The number of rotatable bonds is 7. The van der Waals surface area contributed by atoms with E-state index in [1.807, 2.05) is 30.3 Å². The highest BCUT2D eigenvalue weighted by Crippen LogP contribution is 2.29. The molecule has 0 unspecified atom stereocenters. The van der Waals surface area contributed by atoms with Gasteiger partial charge in [-0.05, 0) is 5.56 Å². The molecule has 1 aromatic carbocycles. The van der Waals surface area contributed by atoms with Gasteiger partial charge in [-0.2, -0.15) is 0 Å². The number of aliphatic hydroxyl groups excluding tert-OH is 6. The van der Waals surface area contributed by atoms with Crippen molar-refractivity contribution in [2.24, 2.45) is 0 Å². The van der Waals surface area contributed by atoms with Crippen molar-refractivity contribution >= 4 is 0 Å². The molecule has 158 valence electrons. The largest absolute Gasteiger partial charge is 0.394 e. The van der Waals surface area contributed by atoms with Gasteiger partial charge in [-0.15, -0.1) is 0 Å². The number of hydrogen-bond acceptors (Lipinski definition) is 10. The first-order chi connectivity index (χ1) is 13.4. The highest BCUT2D eigenvalue weighted by Gasteiger charge is 2.50. The van der Waals surface area contributed by atoms with Gasteiger partial charge in [0.1, 0.15) is 42.7 Å². The second-order valence-electron chi connectivity index (χ2n) is 6.86. The summed E-state index contributed by atoms with van der Waals surface area (Å²) in [6.07, 6.45) is -12.2. The van der Waals surface area contributed by atoms with Crippen molar-refractivity contribution in [2.75, 3.05) is 13.2 Å². The minimum atomic E-state index is -1.55. The lowest BCUT2D eigenvalue weighted by molar-refractivity contribution is -0.320. The van der Waals surface area contributed by atoms with E-state index >= 15 is 0 Å². The molecule has 0 spiro atoms. The Hall–Kier alpha value is -1.18. The Morgan fingerprint density at radius 2 is 1.71 bits per heavy atom. The molecule has 0 aromatic heterocycles. The Balaban J connectivity index is 1.67. The highest BCUT2D eigenvalue weighted by molar-refractivity contribution is 5.13. The third-order valence-electron chi connectivity index (χ3n) is 4.80. The fourth-order valence-electron chi connectivity index (χ4n) is 3.17. The smallest absolute Gasteiger partial charge is 0.187 e. The van der Waals surface area contributed by atoms with Crippen LogP contribution in [0.2, 0.25) is 0 Å². The van der Waals surface area contributed by atoms with Crippen LogP contribution >= 0.6 is 0 Å². The van der Waals surface area contributed by atoms with Gasteiger partial charge in [0.2, 0.25) is 0 Å². The molecule has 2 fully saturated rings. The van der Waals surface area contributed by atoms with Crippen LogP contribution in [0.3, 0.4) is 0 Å². The van der Waals surface area contributed by atoms with Crippen LogP contribution in [-0.2, 0) is 25.6 Å². The molecule has 2 saturated heterocycles. The van der Waals surface area contributed by atoms with Crippen molar-refractivity contribution in [3.8, 4) is 0 Å². The molecular formula is C18H26O10. The van der Waals surface area contributed by atoms with Crippen LogP contribution in [0.5, 0.6) is 0 Å². The maximum absolute atomic E-state index is 10.3. The fourth-order valence-corrected chi connectivity index (χ4v) is 3.17. The summed E-state index contributed by atoms with van der Waals surface area (Å²) in [4.78, 5) is 0. The van der Waals surface area contributed by atoms with Gasteiger partial charge in [0.25, 0.3) is 0 Å². The lowest BCUT2D eigenvalue weighted by atomic mass is 10.0. The van der Waals surface area contributed by atoms with E-state index in [0.717, 1.165) is 5.56 Å². The number of benzene rings is 1. The van der Waals surface area contributed by atoms with Gasteiger partial charge >= 0.3 is 0 Å². The monoisotopic (exact) mass is 402 g/mol. The zero-order chi connectivity index (χ0) is 20.3. The molecular weight excluding hydrogens is 376 g/mol. The summed E-state index contributed by atoms with van der Waals surface area (Å²) < 4.78 is 21.9. The van der Waals surface area contributed by atoms with Crippen molar-refractivity contribution in [3.05, 3.63) is 35.9 Å². The molecule has 0 radical (unpaired) electrons. The van der Waals surface area contributed by atoms with E-state index in [2.05, 4.69) is 0 Å². The maximum atomic E-state index is 10.3. The summed E-state index contributed by atoms with van der Waals surface area (Å²) in [6, 6.07) is 9.21. The average molecular weight is 402 g/mol. The summed E-state index contributed by atoms with van der Waals surface area (Å²) >= 11 is 0.